The van der Waals surface area contributed by atoms with E-state index in [1.165, 1.54) is 0 Å². The SMILES string of the molecule is CC1(C)CC(C(=O)CBr)CCS1. The molecule has 1 nitrogen and oxygen atoms in total. The number of carbonyl (C=O) groups is 1. The van der Waals surface area contributed by atoms with Crippen LogP contribution in [0.4, 0.5) is 0 Å². The number of carbonyl (C=O) groups excluding carboxylic acids is 1. The van der Waals surface area contributed by atoms with E-state index in [-0.39, 0.29) is 0 Å². The highest BCUT2D eigenvalue weighted by Gasteiger charge is 2.31. The third kappa shape index (κ3) is 2.77. The fraction of sp³-hybridized carbons (Fsp3) is 0.889. The number of thioether (sulfide) groups is 1. The number of hydrogen-bond acceptors (Lipinski definition) is 2. The van der Waals surface area contributed by atoms with Gasteiger partial charge in [-0.25, -0.2) is 0 Å². The van der Waals surface area contributed by atoms with E-state index in [1.807, 2.05) is 11.8 Å². The Balaban J connectivity index is 2.52. The zero-order valence-electron chi connectivity index (χ0n) is 7.60. The fourth-order valence-electron chi connectivity index (χ4n) is 1.62. The lowest BCUT2D eigenvalue weighted by molar-refractivity contribution is -0.120. The summed E-state index contributed by atoms with van der Waals surface area (Å²) in [5, 5.41) is 0.526. The highest BCUT2D eigenvalue weighted by atomic mass is 79.9. The summed E-state index contributed by atoms with van der Waals surface area (Å²) in [4.78, 5) is 11.4. The first kappa shape index (κ1) is 10.6. The van der Waals surface area contributed by atoms with Gasteiger partial charge in [0, 0.05) is 10.7 Å². The second-order valence-corrected chi connectivity index (χ2v) is 6.26. The Morgan fingerprint density at radius 3 is 2.83 bits per heavy atom. The summed E-state index contributed by atoms with van der Waals surface area (Å²) in [5.41, 5.74) is 0. The van der Waals surface area contributed by atoms with Crippen LogP contribution < -0.4 is 0 Å². The van der Waals surface area contributed by atoms with E-state index < -0.39 is 0 Å². The van der Waals surface area contributed by atoms with E-state index >= 15 is 0 Å². The van der Waals surface area contributed by atoms with Crippen molar-refractivity contribution < 1.29 is 4.79 Å². The molecule has 1 atom stereocenters. The van der Waals surface area contributed by atoms with Gasteiger partial charge in [0.15, 0.2) is 0 Å². The molecule has 1 aliphatic heterocycles. The second-order valence-electron chi connectivity index (χ2n) is 3.90. The van der Waals surface area contributed by atoms with Crippen molar-refractivity contribution >= 4 is 33.5 Å². The smallest absolute Gasteiger partial charge is 0.146 e. The van der Waals surface area contributed by atoms with Crippen LogP contribution in [-0.4, -0.2) is 21.6 Å². The molecule has 1 rings (SSSR count). The zero-order valence-corrected chi connectivity index (χ0v) is 10.0. The molecular weight excluding hydrogens is 236 g/mol. The number of hydrogen-bond donors (Lipinski definition) is 0. The molecule has 3 heteroatoms. The van der Waals surface area contributed by atoms with E-state index in [0.29, 0.717) is 21.8 Å². The third-order valence-electron chi connectivity index (χ3n) is 2.28. The summed E-state index contributed by atoms with van der Waals surface area (Å²) >= 11 is 5.22. The lowest BCUT2D eigenvalue weighted by Crippen LogP contribution is -2.31. The normalized spacial score (nSPS) is 28.4. The molecule has 1 heterocycles. The van der Waals surface area contributed by atoms with Crippen LogP contribution in [0.25, 0.3) is 0 Å². The quantitative estimate of drug-likeness (QED) is 0.702. The maximum Gasteiger partial charge on any atom is 0.146 e. The summed E-state index contributed by atoms with van der Waals surface area (Å²) in [5.74, 6) is 1.82. The van der Waals surface area contributed by atoms with Crippen LogP contribution in [0.15, 0.2) is 0 Å². The average Bonchev–Trinajstić information content (AvgIpc) is 2.01. The van der Waals surface area contributed by atoms with Crippen LogP contribution in [0.5, 0.6) is 0 Å². The molecule has 0 radical (unpaired) electrons. The predicted molar refractivity (Wildman–Crippen MR) is 58.1 cm³/mol. The average molecular weight is 251 g/mol. The topological polar surface area (TPSA) is 17.1 Å². The predicted octanol–water partition coefficient (Wildman–Crippen LogP) is 2.87. The van der Waals surface area contributed by atoms with Crippen molar-refractivity contribution in [2.75, 3.05) is 11.1 Å². The Labute approximate surface area is 86.8 Å². The van der Waals surface area contributed by atoms with Gasteiger partial charge in [0.1, 0.15) is 5.78 Å². The fourth-order valence-corrected chi connectivity index (χ4v) is 3.35. The summed E-state index contributed by atoms with van der Waals surface area (Å²) in [6, 6.07) is 0. The van der Waals surface area contributed by atoms with Gasteiger partial charge in [-0.2, -0.15) is 11.8 Å². The number of alkyl halides is 1. The molecule has 0 aromatic heterocycles. The molecular formula is C9H15BrOS. The molecule has 70 valence electrons. The zero-order chi connectivity index (χ0) is 9.19. The van der Waals surface area contributed by atoms with Crippen molar-refractivity contribution in [3.8, 4) is 0 Å². The largest absolute Gasteiger partial charge is 0.298 e. The van der Waals surface area contributed by atoms with Crippen molar-refractivity contribution in [3.63, 3.8) is 0 Å². The van der Waals surface area contributed by atoms with Crippen molar-refractivity contribution in [1.29, 1.82) is 0 Å². The monoisotopic (exact) mass is 250 g/mol. The van der Waals surface area contributed by atoms with Crippen molar-refractivity contribution in [2.24, 2.45) is 5.92 Å². The van der Waals surface area contributed by atoms with Gasteiger partial charge in [-0.05, 0) is 18.6 Å². The van der Waals surface area contributed by atoms with Crippen LogP contribution in [-0.2, 0) is 4.79 Å². The molecule has 0 aromatic carbocycles. The molecule has 0 aliphatic carbocycles. The first-order valence-electron chi connectivity index (χ1n) is 4.28. The van der Waals surface area contributed by atoms with Gasteiger partial charge in [0.25, 0.3) is 0 Å². The van der Waals surface area contributed by atoms with Crippen molar-refractivity contribution in [1.82, 2.24) is 0 Å². The van der Waals surface area contributed by atoms with Crippen LogP contribution in [0.3, 0.4) is 0 Å². The Bertz CT molecular complexity index is 179. The summed E-state index contributed by atoms with van der Waals surface area (Å²) in [6.07, 6.45) is 2.11. The number of halogens is 1. The molecule has 12 heavy (non-hydrogen) atoms. The van der Waals surface area contributed by atoms with E-state index in [0.717, 1.165) is 18.6 Å². The molecule has 1 aliphatic rings. The molecule has 0 spiro atoms. The Morgan fingerprint density at radius 2 is 2.33 bits per heavy atom. The minimum atomic E-state index is 0.306. The number of Topliss-reactive ketones (excluding diaryl/α,β-unsaturated/α-hetero) is 1. The van der Waals surface area contributed by atoms with E-state index in [4.69, 9.17) is 0 Å². The lowest BCUT2D eigenvalue weighted by Gasteiger charge is -2.33. The standard InChI is InChI=1S/C9H15BrOS/c1-9(2)5-7(3-4-12-9)8(11)6-10/h7H,3-6H2,1-2H3. The van der Waals surface area contributed by atoms with E-state index in [2.05, 4.69) is 29.8 Å². The molecule has 0 bridgehead atoms. The molecule has 1 saturated heterocycles. The van der Waals surface area contributed by atoms with Gasteiger partial charge in [-0.3, -0.25) is 4.79 Å². The van der Waals surface area contributed by atoms with Gasteiger partial charge >= 0.3 is 0 Å². The Morgan fingerprint density at radius 1 is 1.67 bits per heavy atom. The van der Waals surface area contributed by atoms with Crippen LogP contribution in [0, 0.1) is 5.92 Å². The molecule has 1 fully saturated rings. The molecule has 1 unspecified atom stereocenters. The second kappa shape index (κ2) is 4.14. The van der Waals surface area contributed by atoms with Gasteiger partial charge < -0.3 is 0 Å². The van der Waals surface area contributed by atoms with Crippen molar-refractivity contribution in [3.05, 3.63) is 0 Å². The summed E-state index contributed by atoms with van der Waals surface area (Å²) in [6.45, 7) is 4.46. The first-order chi connectivity index (χ1) is 5.55. The lowest BCUT2D eigenvalue weighted by atomic mass is 9.90. The molecule has 0 amide bonds. The summed E-state index contributed by atoms with van der Waals surface area (Å²) in [7, 11) is 0. The molecule has 0 N–H and O–H groups in total. The maximum absolute atomic E-state index is 11.4. The number of ketones is 1. The highest BCUT2D eigenvalue weighted by Crippen LogP contribution is 2.38. The van der Waals surface area contributed by atoms with E-state index in [1.54, 1.807) is 0 Å². The van der Waals surface area contributed by atoms with Crippen LogP contribution >= 0.6 is 27.7 Å². The maximum atomic E-state index is 11.4. The highest BCUT2D eigenvalue weighted by molar-refractivity contribution is 9.09. The Kier molecular flexibility index (Phi) is 3.65. The first-order valence-corrected chi connectivity index (χ1v) is 6.38. The summed E-state index contributed by atoms with van der Waals surface area (Å²) < 4.78 is 0.306. The third-order valence-corrected chi connectivity index (χ3v) is 4.22. The minimum absolute atomic E-state index is 0.306. The van der Waals surface area contributed by atoms with Crippen LogP contribution in [0.2, 0.25) is 0 Å². The van der Waals surface area contributed by atoms with E-state index in [9.17, 15) is 4.79 Å². The van der Waals surface area contributed by atoms with Gasteiger partial charge in [-0.1, -0.05) is 29.8 Å². The van der Waals surface area contributed by atoms with Gasteiger partial charge in [0.2, 0.25) is 0 Å². The molecule has 0 aromatic rings. The van der Waals surface area contributed by atoms with Crippen molar-refractivity contribution in [2.45, 2.75) is 31.4 Å². The van der Waals surface area contributed by atoms with Gasteiger partial charge in [0.05, 0.1) is 5.33 Å². The minimum Gasteiger partial charge on any atom is -0.298 e. The Hall–Kier alpha value is 0.500. The number of rotatable bonds is 2. The van der Waals surface area contributed by atoms with Crippen LogP contribution in [0.1, 0.15) is 26.7 Å². The molecule has 0 saturated carbocycles. The van der Waals surface area contributed by atoms with Gasteiger partial charge in [-0.15, -0.1) is 0 Å².